The standard InChI is InChI=1S/C33H56NO3S/c1-3-4-5-6-7-8-9-10-11-12-13-14-15-16-17-18-23-36-28-33(35-2)29-37-27-32-21-19-20-31(25-32)26-34-22-24-38-30-34/h19-22,24-25,30,33H,3-18,23,26-29H2,1-2H3/q+1. The summed E-state index contributed by atoms with van der Waals surface area (Å²) in [4.78, 5) is 0. The van der Waals surface area contributed by atoms with Crippen LogP contribution in [0.2, 0.25) is 0 Å². The number of ether oxygens (including phenoxy) is 3. The highest BCUT2D eigenvalue weighted by Gasteiger charge is 2.09. The van der Waals surface area contributed by atoms with Gasteiger partial charge in [0.1, 0.15) is 6.10 Å². The summed E-state index contributed by atoms with van der Waals surface area (Å²) in [5.74, 6) is 0. The molecule has 0 N–H and O–H groups in total. The molecule has 0 aliphatic heterocycles. The second-order valence-electron chi connectivity index (χ2n) is 10.8. The van der Waals surface area contributed by atoms with E-state index in [1.807, 2.05) is 0 Å². The van der Waals surface area contributed by atoms with Crippen molar-refractivity contribution in [2.24, 2.45) is 0 Å². The van der Waals surface area contributed by atoms with Gasteiger partial charge in [-0.15, -0.1) is 0 Å². The van der Waals surface area contributed by atoms with Crippen LogP contribution in [0.3, 0.4) is 0 Å². The Morgan fingerprint density at radius 1 is 0.737 bits per heavy atom. The zero-order chi connectivity index (χ0) is 26.9. The molecule has 0 fully saturated rings. The second-order valence-corrected chi connectivity index (χ2v) is 11.5. The fourth-order valence-electron chi connectivity index (χ4n) is 4.84. The zero-order valence-electron chi connectivity index (χ0n) is 24.5. The Labute approximate surface area is 238 Å². The molecule has 1 aromatic heterocycles. The summed E-state index contributed by atoms with van der Waals surface area (Å²) in [5.41, 5.74) is 4.62. The maximum Gasteiger partial charge on any atom is 0.224 e. The average molecular weight is 547 g/mol. The molecule has 2 rings (SSSR count). The number of thiazole rings is 1. The van der Waals surface area contributed by atoms with Crippen molar-refractivity contribution in [1.82, 2.24) is 0 Å². The van der Waals surface area contributed by atoms with Gasteiger partial charge in [-0.25, -0.2) is 0 Å². The Morgan fingerprint density at radius 3 is 1.89 bits per heavy atom. The normalized spacial score (nSPS) is 12.3. The summed E-state index contributed by atoms with van der Waals surface area (Å²) in [5, 5.41) is 2.10. The van der Waals surface area contributed by atoms with Gasteiger partial charge in [0, 0.05) is 19.3 Å². The lowest BCUT2D eigenvalue weighted by molar-refractivity contribution is -0.683. The molecule has 0 spiro atoms. The molecule has 38 heavy (non-hydrogen) atoms. The van der Waals surface area contributed by atoms with Crippen LogP contribution < -0.4 is 4.57 Å². The second kappa shape index (κ2) is 23.6. The summed E-state index contributed by atoms with van der Waals surface area (Å²) < 4.78 is 19.6. The first kappa shape index (κ1) is 32.9. The number of rotatable bonds is 26. The lowest BCUT2D eigenvalue weighted by Gasteiger charge is -2.16. The van der Waals surface area contributed by atoms with Gasteiger partial charge in [0.15, 0.2) is 12.7 Å². The van der Waals surface area contributed by atoms with E-state index in [0.29, 0.717) is 19.8 Å². The molecule has 0 amide bonds. The molecule has 0 saturated carbocycles. The van der Waals surface area contributed by atoms with Crippen LogP contribution in [-0.2, 0) is 27.4 Å². The van der Waals surface area contributed by atoms with Gasteiger partial charge in [-0.3, -0.25) is 0 Å². The van der Waals surface area contributed by atoms with Gasteiger partial charge in [0.2, 0.25) is 5.51 Å². The average Bonchev–Trinajstić information content (AvgIpc) is 3.44. The van der Waals surface area contributed by atoms with Gasteiger partial charge < -0.3 is 14.2 Å². The zero-order valence-corrected chi connectivity index (χ0v) is 25.4. The van der Waals surface area contributed by atoms with Crippen LogP contribution >= 0.6 is 11.3 Å². The Balaban J connectivity index is 1.36. The van der Waals surface area contributed by atoms with Crippen molar-refractivity contribution in [1.29, 1.82) is 0 Å². The minimum Gasteiger partial charge on any atom is -0.379 e. The first-order valence-electron chi connectivity index (χ1n) is 15.5. The van der Waals surface area contributed by atoms with Crippen molar-refractivity contribution in [3.63, 3.8) is 0 Å². The van der Waals surface area contributed by atoms with E-state index in [4.69, 9.17) is 14.2 Å². The van der Waals surface area contributed by atoms with E-state index >= 15 is 0 Å². The van der Waals surface area contributed by atoms with Crippen LogP contribution in [0, 0.1) is 0 Å². The van der Waals surface area contributed by atoms with E-state index in [-0.39, 0.29) is 6.10 Å². The lowest BCUT2D eigenvalue weighted by atomic mass is 10.0. The largest absolute Gasteiger partial charge is 0.379 e. The Morgan fingerprint density at radius 2 is 1.32 bits per heavy atom. The number of unbranched alkanes of at least 4 members (excludes halogenated alkanes) is 15. The highest BCUT2D eigenvalue weighted by atomic mass is 32.1. The number of hydrogen-bond donors (Lipinski definition) is 0. The van der Waals surface area contributed by atoms with Gasteiger partial charge in [-0.2, -0.15) is 4.57 Å². The quantitative estimate of drug-likeness (QED) is 0.0872. The van der Waals surface area contributed by atoms with Crippen LogP contribution in [0.4, 0.5) is 0 Å². The van der Waals surface area contributed by atoms with Crippen LogP contribution in [0.5, 0.6) is 0 Å². The molecule has 0 aliphatic rings. The SMILES string of the molecule is CCCCCCCCCCCCCCCCCCOCC(COCc1cccc(C[n+]2ccsc2)c1)OC. The smallest absolute Gasteiger partial charge is 0.224 e. The molecule has 1 unspecified atom stereocenters. The Kier molecular flexibility index (Phi) is 20.5. The molecule has 0 saturated heterocycles. The van der Waals surface area contributed by atoms with Crippen LogP contribution in [-0.4, -0.2) is 33.0 Å². The highest BCUT2D eigenvalue weighted by Crippen LogP contribution is 2.14. The molecule has 1 aromatic carbocycles. The van der Waals surface area contributed by atoms with Gasteiger partial charge in [0.05, 0.1) is 25.2 Å². The molecule has 216 valence electrons. The van der Waals surface area contributed by atoms with E-state index in [1.54, 1.807) is 18.4 Å². The maximum absolute atomic E-state index is 5.94. The minimum atomic E-state index is -0.0133. The van der Waals surface area contributed by atoms with E-state index < -0.39 is 0 Å². The maximum atomic E-state index is 5.94. The van der Waals surface area contributed by atoms with Gasteiger partial charge in [-0.05, 0) is 18.1 Å². The lowest BCUT2D eigenvalue weighted by Crippen LogP contribution is -2.30. The monoisotopic (exact) mass is 546 g/mol. The minimum absolute atomic E-state index is 0.0133. The van der Waals surface area contributed by atoms with E-state index in [2.05, 4.69) is 52.8 Å². The van der Waals surface area contributed by atoms with Gasteiger partial charge >= 0.3 is 0 Å². The molecular formula is C33H56NO3S+. The summed E-state index contributed by atoms with van der Waals surface area (Å²) in [6.07, 6.45) is 24.4. The number of nitrogens with zero attached hydrogens (tertiary/aromatic N) is 1. The summed E-state index contributed by atoms with van der Waals surface area (Å²) in [7, 11) is 1.74. The number of methoxy groups -OCH3 is 1. The third-order valence-electron chi connectivity index (χ3n) is 7.24. The summed E-state index contributed by atoms with van der Waals surface area (Å²) in [6.45, 7) is 5.76. The van der Waals surface area contributed by atoms with Crippen LogP contribution in [0.1, 0.15) is 121 Å². The summed E-state index contributed by atoms with van der Waals surface area (Å²) >= 11 is 1.71. The van der Waals surface area contributed by atoms with Crippen molar-refractivity contribution < 1.29 is 18.8 Å². The van der Waals surface area contributed by atoms with Crippen molar-refractivity contribution in [2.45, 2.75) is 129 Å². The fraction of sp³-hybridized carbons (Fsp3) is 0.727. The van der Waals surface area contributed by atoms with E-state index in [0.717, 1.165) is 19.6 Å². The molecule has 4 nitrogen and oxygen atoms in total. The molecule has 5 heteroatoms. The molecular weight excluding hydrogens is 490 g/mol. The summed E-state index contributed by atoms with van der Waals surface area (Å²) in [6, 6.07) is 8.62. The molecule has 1 heterocycles. The number of hydrogen-bond acceptors (Lipinski definition) is 4. The van der Waals surface area contributed by atoms with Crippen molar-refractivity contribution in [3.05, 3.63) is 52.5 Å². The van der Waals surface area contributed by atoms with Crippen molar-refractivity contribution in [2.75, 3.05) is 26.9 Å². The van der Waals surface area contributed by atoms with Crippen molar-refractivity contribution in [3.8, 4) is 0 Å². The first-order valence-corrected chi connectivity index (χ1v) is 16.4. The van der Waals surface area contributed by atoms with E-state index in [9.17, 15) is 0 Å². The van der Waals surface area contributed by atoms with Crippen LogP contribution in [0.15, 0.2) is 41.4 Å². The first-order chi connectivity index (χ1) is 18.8. The topological polar surface area (TPSA) is 31.6 Å². The van der Waals surface area contributed by atoms with Crippen LogP contribution in [0.25, 0.3) is 0 Å². The number of benzene rings is 1. The molecule has 2 aromatic rings. The predicted octanol–water partition coefficient (Wildman–Crippen LogP) is 8.89. The van der Waals surface area contributed by atoms with E-state index in [1.165, 1.54) is 107 Å². The number of aromatic nitrogens is 1. The molecule has 0 aliphatic carbocycles. The predicted molar refractivity (Wildman–Crippen MR) is 161 cm³/mol. The third kappa shape index (κ3) is 17.3. The highest BCUT2D eigenvalue weighted by molar-refractivity contribution is 7.07. The van der Waals surface area contributed by atoms with Gasteiger partial charge in [-0.1, -0.05) is 133 Å². The fourth-order valence-corrected chi connectivity index (χ4v) is 5.44. The molecule has 0 bridgehead atoms. The van der Waals surface area contributed by atoms with Crippen molar-refractivity contribution >= 4 is 11.3 Å². The Hall–Kier alpha value is -1.27. The van der Waals surface area contributed by atoms with Gasteiger partial charge in [0.25, 0.3) is 0 Å². The Bertz CT molecular complexity index is 767. The third-order valence-corrected chi connectivity index (χ3v) is 7.91. The molecule has 1 atom stereocenters. The molecule has 0 radical (unpaired) electrons.